The molecule has 0 radical (unpaired) electrons. The summed E-state index contributed by atoms with van der Waals surface area (Å²) in [5.41, 5.74) is 6.93. The lowest BCUT2D eigenvalue weighted by Gasteiger charge is -2.24. The molecular weight excluding hydrogens is 280 g/mol. The van der Waals surface area contributed by atoms with Crippen LogP contribution in [0.4, 0.5) is 0 Å². The molecule has 0 spiro atoms. The van der Waals surface area contributed by atoms with Gasteiger partial charge < -0.3 is 4.74 Å². The van der Waals surface area contributed by atoms with Crippen molar-refractivity contribution in [3.63, 3.8) is 0 Å². The second-order valence-electron chi connectivity index (χ2n) is 5.55. The molecule has 2 unspecified atom stereocenters. The maximum atomic E-state index is 5.89. The fourth-order valence-electron chi connectivity index (χ4n) is 3.28. The highest BCUT2D eigenvalue weighted by Crippen LogP contribution is 2.45. The van der Waals surface area contributed by atoms with E-state index in [2.05, 4.69) is 47.9 Å². The highest BCUT2D eigenvalue weighted by molar-refractivity contribution is 8.00. The van der Waals surface area contributed by atoms with Crippen LogP contribution in [-0.2, 0) is 12.8 Å². The minimum atomic E-state index is 0.107. The Morgan fingerprint density at radius 2 is 2.00 bits per heavy atom. The van der Waals surface area contributed by atoms with Crippen molar-refractivity contribution in [3.8, 4) is 5.75 Å². The number of nitrogens with one attached hydrogen (secondary N) is 1. The highest BCUT2D eigenvalue weighted by Gasteiger charge is 2.32. The Labute approximate surface area is 128 Å². The maximum absolute atomic E-state index is 5.89. The summed E-state index contributed by atoms with van der Waals surface area (Å²) in [4.78, 5) is 1.37. The van der Waals surface area contributed by atoms with Gasteiger partial charge in [-0.1, -0.05) is 36.4 Å². The first-order chi connectivity index (χ1) is 10.4. The molecule has 108 valence electrons. The molecule has 2 aromatic carbocycles. The number of nitrogens with two attached hydrogens (primary N) is 1. The number of ether oxygens (including phenoxy) is 1. The van der Waals surface area contributed by atoms with Gasteiger partial charge in [0.25, 0.3) is 0 Å². The topological polar surface area (TPSA) is 47.3 Å². The lowest BCUT2D eigenvalue weighted by atomic mass is 9.96. The van der Waals surface area contributed by atoms with Crippen LogP contribution >= 0.6 is 11.8 Å². The van der Waals surface area contributed by atoms with Crippen molar-refractivity contribution in [2.24, 2.45) is 5.84 Å². The Balaban J connectivity index is 1.67. The first-order valence-corrected chi connectivity index (χ1v) is 8.20. The molecule has 2 aliphatic heterocycles. The summed E-state index contributed by atoms with van der Waals surface area (Å²) in [6, 6.07) is 15.1. The Morgan fingerprint density at radius 3 is 2.86 bits per heavy atom. The summed E-state index contributed by atoms with van der Waals surface area (Å²) in [6.45, 7) is 0.779. The van der Waals surface area contributed by atoms with Crippen molar-refractivity contribution in [2.45, 2.75) is 29.0 Å². The third kappa shape index (κ3) is 2.24. The van der Waals surface area contributed by atoms with Crippen LogP contribution in [0.2, 0.25) is 0 Å². The van der Waals surface area contributed by atoms with Crippen molar-refractivity contribution in [3.05, 3.63) is 59.2 Å². The molecule has 0 amide bonds. The molecule has 21 heavy (non-hydrogen) atoms. The van der Waals surface area contributed by atoms with E-state index in [0.29, 0.717) is 5.25 Å². The number of thioether (sulfide) groups is 1. The van der Waals surface area contributed by atoms with E-state index in [1.807, 2.05) is 11.8 Å². The number of hydrazine groups is 1. The fraction of sp³-hybridized carbons (Fsp3) is 0.294. The second kappa shape index (κ2) is 5.37. The van der Waals surface area contributed by atoms with Crippen molar-refractivity contribution in [1.29, 1.82) is 0 Å². The van der Waals surface area contributed by atoms with E-state index in [0.717, 1.165) is 25.2 Å². The van der Waals surface area contributed by atoms with E-state index in [1.54, 1.807) is 0 Å². The van der Waals surface area contributed by atoms with E-state index in [4.69, 9.17) is 10.6 Å². The van der Waals surface area contributed by atoms with Gasteiger partial charge in [-0.2, -0.15) is 0 Å². The molecule has 4 heteroatoms. The molecule has 2 heterocycles. The van der Waals surface area contributed by atoms with Crippen LogP contribution in [0.3, 0.4) is 0 Å². The van der Waals surface area contributed by atoms with Gasteiger partial charge in [0.1, 0.15) is 5.75 Å². The number of benzene rings is 2. The number of fused-ring (bicyclic) bond motifs is 2. The summed E-state index contributed by atoms with van der Waals surface area (Å²) in [5.74, 6) is 6.93. The zero-order chi connectivity index (χ0) is 14.2. The van der Waals surface area contributed by atoms with E-state index < -0.39 is 0 Å². The molecule has 0 bridgehead atoms. The summed E-state index contributed by atoms with van der Waals surface area (Å²) in [7, 11) is 0. The standard InChI is InChI=1S/C17H18N2OS/c18-19-16(13-6-3-5-11-8-9-20-17(11)13)15-10-12-4-1-2-7-14(12)21-15/h1-7,15-16,19H,8-10,18H2. The summed E-state index contributed by atoms with van der Waals surface area (Å²) < 4.78 is 5.84. The fourth-order valence-corrected chi connectivity index (χ4v) is 4.69. The number of hydrogen-bond donors (Lipinski definition) is 2. The third-order valence-electron chi connectivity index (χ3n) is 4.30. The Hall–Kier alpha value is -1.49. The molecule has 2 aliphatic rings. The van der Waals surface area contributed by atoms with Gasteiger partial charge in [0.15, 0.2) is 0 Å². The molecule has 0 saturated carbocycles. The summed E-state index contributed by atoms with van der Waals surface area (Å²) in [5, 5.41) is 0.406. The third-order valence-corrected chi connectivity index (χ3v) is 5.70. The summed E-state index contributed by atoms with van der Waals surface area (Å²) in [6.07, 6.45) is 2.04. The number of rotatable bonds is 3. The van der Waals surface area contributed by atoms with Crippen LogP contribution in [0.15, 0.2) is 47.4 Å². The normalized spacial score (nSPS) is 20.7. The Morgan fingerprint density at radius 1 is 1.14 bits per heavy atom. The number of hydrogen-bond acceptors (Lipinski definition) is 4. The molecule has 2 atom stereocenters. The highest BCUT2D eigenvalue weighted by atomic mass is 32.2. The molecule has 4 rings (SSSR count). The smallest absolute Gasteiger partial charge is 0.127 e. The average molecular weight is 298 g/mol. The van der Waals surface area contributed by atoms with Crippen molar-refractivity contribution in [1.82, 2.24) is 5.43 Å². The average Bonchev–Trinajstić information content (AvgIpc) is 3.14. The van der Waals surface area contributed by atoms with Crippen molar-refractivity contribution in [2.75, 3.05) is 6.61 Å². The van der Waals surface area contributed by atoms with Crippen LogP contribution in [0.25, 0.3) is 0 Å². The molecule has 0 saturated heterocycles. The van der Waals surface area contributed by atoms with Crippen LogP contribution in [-0.4, -0.2) is 11.9 Å². The van der Waals surface area contributed by atoms with Crippen LogP contribution < -0.4 is 16.0 Å². The van der Waals surface area contributed by atoms with Crippen molar-refractivity contribution < 1.29 is 4.74 Å². The zero-order valence-corrected chi connectivity index (χ0v) is 12.5. The minimum Gasteiger partial charge on any atom is -0.493 e. The second-order valence-corrected chi connectivity index (χ2v) is 6.83. The van der Waals surface area contributed by atoms with Crippen molar-refractivity contribution >= 4 is 11.8 Å². The lowest BCUT2D eigenvalue weighted by molar-refractivity contribution is 0.347. The van der Waals surface area contributed by atoms with Gasteiger partial charge in [-0.3, -0.25) is 11.3 Å². The molecule has 3 nitrogen and oxygen atoms in total. The van der Waals surface area contributed by atoms with Gasteiger partial charge in [0.2, 0.25) is 0 Å². The number of para-hydroxylation sites is 1. The molecule has 2 aromatic rings. The van der Waals surface area contributed by atoms with Gasteiger partial charge >= 0.3 is 0 Å². The van der Waals surface area contributed by atoms with Crippen LogP contribution in [0.1, 0.15) is 22.7 Å². The minimum absolute atomic E-state index is 0.107. The first kappa shape index (κ1) is 13.2. The maximum Gasteiger partial charge on any atom is 0.127 e. The van der Waals surface area contributed by atoms with E-state index in [1.165, 1.54) is 21.6 Å². The van der Waals surface area contributed by atoms with E-state index in [-0.39, 0.29) is 6.04 Å². The van der Waals surface area contributed by atoms with Gasteiger partial charge in [0.05, 0.1) is 12.6 Å². The predicted octanol–water partition coefficient (Wildman–Crippen LogP) is 2.84. The van der Waals surface area contributed by atoms with Crippen LogP contribution in [0.5, 0.6) is 5.75 Å². The molecule has 3 N–H and O–H groups in total. The van der Waals surface area contributed by atoms with E-state index in [9.17, 15) is 0 Å². The Bertz CT molecular complexity index is 649. The van der Waals surface area contributed by atoms with Gasteiger partial charge in [0, 0.05) is 22.1 Å². The predicted molar refractivity (Wildman–Crippen MR) is 85.5 cm³/mol. The molecule has 0 aromatic heterocycles. The van der Waals surface area contributed by atoms with Crippen LogP contribution in [0, 0.1) is 0 Å². The van der Waals surface area contributed by atoms with Gasteiger partial charge in [-0.25, -0.2) is 0 Å². The molecule has 0 fully saturated rings. The quantitative estimate of drug-likeness (QED) is 0.676. The molecule has 0 aliphatic carbocycles. The SMILES string of the molecule is NNC(c1cccc2c1OCC2)C1Cc2ccccc2S1. The first-order valence-electron chi connectivity index (χ1n) is 7.32. The Kier molecular flexibility index (Phi) is 3.37. The summed E-state index contributed by atoms with van der Waals surface area (Å²) >= 11 is 1.91. The van der Waals surface area contributed by atoms with Gasteiger partial charge in [-0.15, -0.1) is 11.8 Å². The largest absolute Gasteiger partial charge is 0.493 e. The monoisotopic (exact) mass is 298 g/mol. The molecular formula is C17H18N2OS. The van der Waals surface area contributed by atoms with E-state index >= 15 is 0 Å². The van der Waals surface area contributed by atoms with Gasteiger partial charge in [-0.05, 0) is 23.6 Å². The zero-order valence-electron chi connectivity index (χ0n) is 11.7. The lowest BCUT2D eigenvalue weighted by Crippen LogP contribution is -2.35.